The van der Waals surface area contributed by atoms with Gasteiger partial charge < -0.3 is 15.4 Å². The van der Waals surface area contributed by atoms with Gasteiger partial charge in [-0.1, -0.05) is 25.1 Å². The lowest BCUT2D eigenvalue weighted by Gasteiger charge is -2.34. The fraction of sp³-hybridized carbons (Fsp3) is 0.600. The molecule has 1 aliphatic heterocycles. The zero-order valence-corrected chi connectivity index (χ0v) is 11.2. The van der Waals surface area contributed by atoms with Crippen LogP contribution < -0.4 is 10.5 Å². The van der Waals surface area contributed by atoms with Crippen molar-refractivity contribution in [2.24, 2.45) is 11.7 Å². The Morgan fingerprint density at radius 2 is 2.11 bits per heavy atom. The molecule has 1 aromatic rings. The minimum Gasteiger partial charge on any atom is -0.494 e. The first-order valence-corrected chi connectivity index (χ1v) is 6.91. The first kappa shape index (κ1) is 13.4. The topological polar surface area (TPSA) is 38.5 Å². The second kappa shape index (κ2) is 6.76. The van der Waals surface area contributed by atoms with E-state index < -0.39 is 0 Å². The molecule has 0 bridgehead atoms. The fourth-order valence-corrected chi connectivity index (χ4v) is 2.37. The van der Waals surface area contributed by atoms with Crippen LogP contribution in [0.3, 0.4) is 0 Å². The molecule has 1 aliphatic rings. The monoisotopic (exact) mass is 248 g/mol. The Morgan fingerprint density at radius 3 is 2.83 bits per heavy atom. The number of hydrogen-bond acceptors (Lipinski definition) is 3. The van der Waals surface area contributed by atoms with E-state index in [2.05, 4.69) is 11.8 Å². The zero-order chi connectivity index (χ0) is 12.8. The zero-order valence-electron chi connectivity index (χ0n) is 11.2. The van der Waals surface area contributed by atoms with Gasteiger partial charge in [-0.05, 0) is 37.4 Å². The molecular weight excluding hydrogens is 224 g/mol. The van der Waals surface area contributed by atoms with E-state index in [-0.39, 0.29) is 0 Å². The maximum atomic E-state index is 6.09. The van der Waals surface area contributed by atoms with Gasteiger partial charge in [0.15, 0.2) is 0 Å². The van der Waals surface area contributed by atoms with Crippen molar-refractivity contribution in [3.05, 3.63) is 30.3 Å². The molecule has 0 aliphatic carbocycles. The lowest BCUT2D eigenvalue weighted by molar-refractivity contribution is 0.158. The van der Waals surface area contributed by atoms with Gasteiger partial charge >= 0.3 is 0 Å². The molecule has 1 saturated heterocycles. The summed E-state index contributed by atoms with van der Waals surface area (Å²) in [6.45, 7) is 6.34. The number of benzene rings is 1. The first-order chi connectivity index (χ1) is 8.75. The van der Waals surface area contributed by atoms with E-state index in [4.69, 9.17) is 10.5 Å². The van der Waals surface area contributed by atoms with E-state index in [1.807, 2.05) is 30.3 Å². The quantitative estimate of drug-likeness (QED) is 0.811. The van der Waals surface area contributed by atoms with E-state index >= 15 is 0 Å². The smallest absolute Gasteiger partial charge is 0.119 e. The lowest BCUT2D eigenvalue weighted by atomic mass is 9.94. The number of ether oxygens (including phenoxy) is 1. The maximum absolute atomic E-state index is 6.09. The van der Waals surface area contributed by atoms with Crippen molar-refractivity contribution in [3.63, 3.8) is 0 Å². The van der Waals surface area contributed by atoms with Gasteiger partial charge in [-0.2, -0.15) is 0 Å². The molecule has 3 heteroatoms. The highest BCUT2D eigenvalue weighted by atomic mass is 16.5. The molecule has 2 atom stereocenters. The van der Waals surface area contributed by atoms with Gasteiger partial charge in [-0.25, -0.2) is 0 Å². The van der Waals surface area contributed by atoms with Crippen molar-refractivity contribution < 1.29 is 4.74 Å². The highest BCUT2D eigenvalue weighted by molar-refractivity contribution is 5.20. The van der Waals surface area contributed by atoms with Gasteiger partial charge in [0.25, 0.3) is 0 Å². The molecule has 2 rings (SSSR count). The van der Waals surface area contributed by atoms with Crippen molar-refractivity contribution in [2.45, 2.75) is 25.8 Å². The van der Waals surface area contributed by atoms with Crippen LogP contribution in [0, 0.1) is 5.92 Å². The van der Waals surface area contributed by atoms with Crippen molar-refractivity contribution >= 4 is 0 Å². The molecule has 0 aromatic heterocycles. The Kier molecular flexibility index (Phi) is 5.02. The Bertz CT molecular complexity index is 342. The highest BCUT2D eigenvalue weighted by Gasteiger charge is 2.22. The van der Waals surface area contributed by atoms with Crippen molar-refractivity contribution in [2.75, 3.05) is 26.2 Å². The summed E-state index contributed by atoms with van der Waals surface area (Å²) in [6, 6.07) is 10.3. The van der Waals surface area contributed by atoms with Crippen molar-refractivity contribution in [1.82, 2.24) is 4.90 Å². The number of rotatable bonds is 5. The number of nitrogens with two attached hydrogens (primary N) is 1. The third-order valence-electron chi connectivity index (χ3n) is 3.73. The second-order valence-electron chi connectivity index (χ2n) is 5.25. The van der Waals surface area contributed by atoms with Crippen LogP contribution in [0.1, 0.15) is 19.8 Å². The van der Waals surface area contributed by atoms with Gasteiger partial charge in [0.1, 0.15) is 5.75 Å². The highest BCUT2D eigenvalue weighted by Crippen LogP contribution is 2.15. The summed E-state index contributed by atoms with van der Waals surface area (Å²) in [6.07, 6.45) is 2.29. The number of piperidine rings is 1. The minimum absolute atomic E-state index is 0.341. The summed E-state index contributed by atoms with van der Waals surface area (Å²) in [5.41, 5.74) is 6.09. The molecule has 1 aromatic carbocycles. The van der Waals surface area contributed by atoms with E-state index in [0.717, 1.165) is 31.9 Å². The minimum atomic E-state index is 0.341. The average Bonchev–Trinajstić information content (AvgIpc) is 2.40. The molecule has 2 N–H and O–H groups in total. The van der Waals surface area contributed by atoms with Crippen LogP contribution in [0.25, 0.3) is 0 Å². The van der Waals surface area contributed by atoms with Gasteiger partial charge in [-0.15, -0.1) is 0 Å². The third-order valence-corrected chi connectivity index (χ3v) is 3.73. The van der Waals surface area contributed by atoms with E-state index in [9.17, 15) is 0 Å². The summed E-state index contributed by atoms with van der Waals surface area (Å²) >= 11 is 0. The Hall–Kier alpha value is -1.06. The van der Waals surface area contributed by atoms with E-state index in [1.54, 1.807) is 0 Å². The number of nitrogens with zero attached hydrogens (tertiary/aromatic N) is 1. The van der Waals surface area contributed by atoms with Gasteiger partial charge in [0.05, 0.1) is 6.61 Å². The van der Waals surface area contributed by atoms with Crippen LogP contribution in [0.5, 0.6) is 5.75 Å². The molecule has 3 nitrogen and oxygen atoms in total. The molecular formula is C15H24N2O. The number of hydrogen-bond donors (Lipinski definition) is 1. The second-order valence-corrected chi connectivity index (χ2v) is 5.25. The van der Waals surface area contributed by atoms with E-state index in [0.29, 0.717) is 12.0 Å². The molecule has 18 heavy (non-hydrogen) atoms. The van der Waals surface area contributed by atoms with Crippen molar-refractivity contribution in [3.8, 4) is 5.75 Å². The standard InChI is InChI=1S/C15H24N2O/c1-13-8-10-17(12-15(13)16)9-5-11-18-14-6-3-2-4-7-14/h2-4,6-7,13,15H,5,8-12,16H2,1H3. The van der Waals surface area contributed by atoms with Crippen LogP contribution in [0.2, 0.25) is 0 Å². The largest absolute Gasteiger partial charge is 0.494 e. The predicted molar refractivity (Wildman–Crippen MR) is 74.8 cm³/mol. The molecule has 0 spiro atoms. The molecule has 0 saturated carbocycles. The summed E-state index contributed by atoms with van der Waals surface area (Å²) in [7, 11) is 0. The van der Waals surface area contributed by atoms with Crippen LogP contribution in [-0.2, 0) is 0 Å². The summed E-state index contributed by atoms with van der Waals surface area (Å²) in [4.78, 5) is 2.46. The van der Waals surface area contributed by atoms with Gasteiger partial charge in [0.2, 0.25) is 0 Å². The first-order valence-electron chi connectivity index (χ1n) is 6.91. The number of likely N-dealkylation sites (tertiary alicyclic amines) is 1. The van der Waals surface area contributed by atoms with Crippen molar-refractivity contribution in [1.29, 1.82) is 0 Å². The van der Waals surface area contributed by atoms with Gasteiger partial charge in [-0.3, -0.25) is 0 Å². The normalized spacial score (nSPS) is 25.0. The molecule has 0 amide bonds. The fourth-order valence-electron chi connectivity index (χ4n) is 2.37. The van der Waals surface area contributed by atoms with Crippen LogP contribution in [0.15, 0.2) is 30.3 Å². The van der Waals surface area contributed by atoms with E-state index in [1.165, 1.54) is 13.0 Å². The molecule has 1 heterocycles. The SMILES string of the molecule is CC1CCN(CCCOc2ccccc2)CC1N. The average molecular weight is 248 g/mol. The predicted octanol–water partition coefficient (Wildman–Crippen LogP) is 2.12. The molecule has 1 fully saturated rings. The Morgan fingerprint density at radius 1 is 1.33 bits per heavy atom. The molecule has 2 unspecified atom stereocenters. The van der Waals surface area contributed by atoms with Crippen LogP contribution in [0.4, 0.5) is 0 Å². The number of para-hydroxylation sites is 1. The van der Waals surface area contributed by atoms with Crippen LogP contribution in [-0.4, -0.2) is 37.2 Å². The maximum Gasteiger partial charge on any atom is 0.119 e. The molecule has 100 valence electrons. The Labute approximate surface area is 110 Å². The molecule has 0 radical (unpaired) electrons. The van der Waals surface area contributed by atoms with Crippen LogP contribution >= 0.6 is 0 Å². The summed E-state index contributed by atoms with van der Waals surface area (Å²) in [5, 5.41) is 0. The summed E-state index contributed by atoms with van der Waals surface area (Å²) in [5.74, 6) is 1.63. The lowest BCUT2D eigenvalue weighted by Crippen LogP contribution is -2.47. The summed E-state index contributed by atoms with van der Waals surface area (Å²) < 4.78 is 5.69. The van der Waals surface area contributed by atoms with Gasteiger partial charge in [0, 0.05) is 19.1 Å². The Balaban J connectivity index is 1.61. The third kappa shape index (κ3) is 4.00.